The topological polar surface area (TPSA) is 15.3 Å². The van der Waals surface area contributed by atoms with E-state index in [-0.39, 0.29) is 0 Å². The SMILES string of the molecule is CC1CCCC1CNC(C)C1CCN(C)CC1. The van der Waals surface area contributed by atoms with Gasteiger partial charge in [-0.2, -0.15) is 0 Å². The second-order valence-corrected chi connectivity index (χ2v) is 6.51. The van der Waals surface area contributed by atoms with Gasteiger partial charge in [-0.1, -0.05) is 19.8 Å². The predicted octanol–water partition coefficient (Wildman–Crippen LogP) is 2.74. The summed E-state index contributed by atoms with van der Waals surface area (Å²) in [7, 11) is 2.24. The van der Waals surface area contributed by atoms with Crippen molar-refractivity contribution in [3.05, 3.63) is 0 Å². The molecule has 2 nitrogen and oxygen atoms in total. The lowest BCUT2D eigenvalue weighted by molar-refractivity contribution is 0.185. The molecule has 0 bridgehead atoms. The highest BCUT2D eigenvalue weighted by Gasteiger charge is 2.26. The van der Waals surface area contributed by atoms with Gasteiger partial charge in [-0.3, -0.25) is 0 Å². The highest BCUT2D eigenvalue weighted by molar-refractivity contribution is 4.81. The third-order valence-electron chi connectivity index (χ3n) is 5.21. The molecule has 0 amide bonds. The van der Waals surface area contributed by atoms with Crippen LogP contribution in [0, 0.1) is 17.8 Å². The summed E-state index contributed by atoms with van der Waals surface area (Å²) in [6.45, 7) is 8.66. The summed E-state index contributed by atoms with van der Waals surface area (Å²) < 4.78 is 0. The van der Waals surface area contributed by atoms with Crippen molar-refractivity contribution in [2.45, 2.75) is 52.0 Å². The van der Waals surface area contributed by atoms with Gasteiger partial charge in [0.2, 0.25) is 0 Å². The Bertz CT molecular complexity index is 221. The zero-order chi connectivity index (χ0) is 12.3. The molecule has 0 aromatic carbocycles. The molecule has 1 heterocycles. The van der Waals surface area contributed by atoms with Crippen molar-refractivity contribution in [1.82, 2.24) is 10.2 Å². The molecule has 2 fully saturated rings. The summed E-state index contributed by atoms with van der Waals surface area (Å²) >= 11 is 0. The molecule has 0 aromatic rings. The van der Waals surface area contributed by atoms with Gasteiger partial charge in [0.25, 0.3) is 0 Å². The Morgan fingerprint density at radius 3 is 2.47 bits per heavy atom. The molecule has 2 aliphatic rings. The molecular weight excluding hydrogens is 208 g/mol. The van der Waals surface area contributed by atoms with E-state index in [1.54, 1.807) is 0 Å². The fourth-order valence-electron chi connectivity index (χ4n) is 3.56. The molecule has 1 saturated carbocycles. The van der Waals surface area contributed by atoms with Gasteiger partial charge in [-0.05, 0) is 70.6 Å². The Morgan fingerprint density at radius 1 is 1.18 bits per heavy atom. The standard InChI is InChI=1S/C15H30N2/c1-12-5-4-6-15(12)11-16-13(2)14-7-9-17(3)10-8-14/h12-16H,4-11H2,1-3H3. The normalized spacial score (nSPS) is 34.1. The number of piperidine rings is 1. The fourth-order valence-corrected chi connectivity index (χ4v) is 3.56. The maximum atomic E-state index is 3.82. The molecule has 0 aromatic heterocycles. The molecule has 3 atom stereocenters. The predicted molar refractivity (Wildman–Crippen MR) is 74.2 cm³/mol. The van der Waals surface area contributed by atoms with E-state index in [2.05, 4.69) is 31.1 Å². The lowest BCUT2D eigenvalue weighted by atomic mass is 9.89. The summed E-state index contributed by atoms with van der Waals surface area (Å²) in [4.78, 5) is 2.46. The maximum Gasteiger partial charge on any atom is 0.00680 e. The van der Waals surface area contributed by atoms with Gasteiger partial charge in [-0.25, -0.2) is 0 Å². The molecule has 0 spiro atoms. The third kappa shape index (κ3) is 3.69. The Hall–Kier alpha value is -0.0800. The molecule has 1 saturated heterocycles. The summed E-state index contributed by atoms with van der Waals surface area (Å²) in [6, 6.07) is 0.719. The van der Waals surface area contributed by atoms with Crippen molar-refractivity contribution < 1.29 is 0 Å². The highest BCUT2D eigenvalue weighted by Crippen LogP contribution is 2.30. The van der Waals surface area contributed by atoms with Gasteiger partial charge in [0.15, 0.2) is 0 Å². The van der Waals surface area contributed by atoms with Crippen molar-refractivity contribution >= 4 is 0 Å². The maximum absolute atomic E-state index is 3.82. The van der Waals surface area contributed by atoms with Gasteiger partial charge in [-0.15, -0.1) is 0 Å². The minimum Gasteiger partial charge on any atom is -0.314 e. The van der Waals surface area contributed by atoms with E-state index in [1.807, 2.05) is 0 Å². The lowest BCUT2D eigenvalue weighted by Crippen LogP contribution is -2.42. The molecule has 3 unspecified atom stereocenters. The molecule has 1 aliphatic carbocycles. The third-order valence-corrected chi connectivity index (χ3v) is 5.21. The summed E-state index contributed by atoms with van der Waals surface area (Å²) in [5.41, 5.74) is 0. The van der Waals surface area contributed by atoms with Crippen LogP contribution < -0.4 is 5.32 Å². The van der Waals surface area contributed by atoms with Crippen LogP contribution in [0.25, 0.3) is 0 Å². The molecule has 1 aliphatic heterocycles. The second-order valence-electron chi connectivity index (χ2n) is 6.51. The van der Waals surface area contributed by atoms with Crippen LogP contribution in [0.5, 0.6) is 0 Å². The quantitative estimate of drug-likeness (QED) is 0.810. The smallest absolute Gasteiger partial charge is 0.00680 e. The minimum atomic E-state index is 0.719. The zero-order valence-electron chi connectivity index (χ0n) is 11.9. The van der Waals surface area contributed by atoms with Crippen LogP contribution in [0.1, 0.15) is 46.0 Å². The van der Waals surface area contributed by atoms with Gasteiger partial charge in [0.05, 0.1) is 0 Å². The number of hydrogen-bond donors (Lipinski definition) is 1. The molecule has 0 radical (unpaired) electrons. The number of nitrogens with zero attached hydrogens (tertiary/aromatic N) is 1. The minimum absolute atomic E-state index is 0.719. The van der Waals surface area contributed by atoms with Crippen LogP contribution in [0.15, 0.2) is 0 Å². The molecule has 1 N–H and O–H groups in total. The van der Waals surface area contributed by atoms with Crippen LogP contribution in [0.2, 0.25) is 0 Å². The second kappa shape index (κ2) is 6.19. The van der Waals surface area contributed by atoms with Crippen molar-refractivity contribution in [2.24, 2.45) is 17.8 Å². The molecular formula is C15H30N2. The van der Waals surface area contributed by atoms with Crippen molar-refractivity contribution in [3.63, 3.8) is 0 Å². The monoisotopic (exact) mass is 238 g/mol. The van der Waals surface area contributed by atoms with E-state index >= 15 is 0 Å². The van der Waals surface area contributed by atoms with E-state index in [0.717, 1.165) is 23.8 Å². The van der Waals surface area contributed by atoms with E-state index < -0.39 is 0 Å². The number of likely N-dealkylation sites (tertiary alicyclic amines) is 1. The summed E-state index contributed by atoms with van der Waals surface area (Å²) in [5, 5.41) is 3.82. The van der Waals surface area contributed by atoms with Crippen LogP contribution in [-0.4, -0.2) is 37.6 Å². The average Bonchev–Trinajstić information content (AvgIpc) is 2.73. The first kappa shape index (κ1) is 13.4. The first-order chi connectivity index (χ1) is 8.16. The van der Waals surface area contributed by atoms with Crippen LogP contribution in [0.3, 0.4) is 0 Å². The number of nitrogens with one attached hydrogen (secondary N) is 1. The van der Waals surface area contributed by atoms with Crippen LogP contribution in [0.4, 0.5) is 0 Å². The molecule has 17 heavy (non-hydrogen) atoms. The van der Waals surface area contributed by atoms with Gasteiger partial charge in [0.1, 0.15) is 0 Å². The molecule has 100 valence electrons. The van der Waals surface area contributed by atoms with Gasteiger partial charge >= 0.3 is 0 Å². The van der Waals surface area contributed by atoms with Crippen molar-refractivity contribution in [1.29, 1.82) is 0 Å². The Morgan fingerprint density at radius 2 is 1.88 bits per heavy atom. The summed E-state index contributed by atoms with van der Waals surface area (Å²) in [6.07, 6.45) is 7.12. The van der Waals surface area contributed by atoms with Crippen molar-refractivity contribution in [2.75, 3.05) is 26.7 Å². The average molecular weight is 238 g/mol. The van der Waals surface area contributed by atoms with E-state index in [9.17, 15) is 0 Å². The number of rotatable bonds is 4. The van der Waals surface area contributed by atoms with Crippen molar-refractivity contribution in [3.8, 4) is 0 Å². The number of hydrogen-bond acceptors (Lipinski definition) is 2. The van der Waals surface area contributed by atoms with E-state index in [1.165, 1.54) is 51.7 Å². The van der Waals surface area contributed by atoms with E-state index in [4.69, 9.17) is 0 Å². The first-order valence-corrected chi connectivity index (χ1v) is 7.58. The highest BCUT2D eigenvalue weighted by atomic mass is 15.1. The fraction of sp³-hybridized carbons (Fsp3) is 1.00. The van der Waals surface area contributed by atoms with E-state index in [0.29, 0.717) is 0 Å². The molecule has 2 heteroatoms. The Kier molecular flexibility index (Phi) is 4.87. The van der Waals surface area contributed by atoms with Crippen LogP contribution in [-0.2, 0) is 0 Å². The molecule has 2 rings (SSSR count). The first-order valence-electron chi connectivity index (χ1n) is 7.58. The summed E-state index contributed by atoms with van der Waals surface area (Å²) in [5.74, 6) is 2.80. The van der Waals surface area contributed by atoms with Gasteiger partial charge < -0.3 is 10.2 Å². The lowest BCUT2D eigenvalue weighted by Gasteiger charge is -2.34. The zero-order valence-corrected chi connectivity index (χ0v) is 11.9. The Balaban J connectivity index is 1.68. The van der Waals surface area contributed by atoms with Gasteiger partial charge in [0, 0.05) is 6.04 Å². The largest absolute Gasteiger partial charge is 0.314 e. The Labute approximate surface area is 107 Å². The van der Waals surface area contributed by atoms with Crippen LogP contribution >= 0.6 is 0 Å².